The number of nitrogens with two attached hydrogens (primary N) is 1. The zero-order chi connectivity index (χ0) is 12.2. The minimum absolute atomic E-state index is 0.154. The molecule has 1 rings (SSSR count). The lowest BCUT2D eigenvalue weighted by molar-refractivity contribution is -0.137. The summed E-state index contributed by atoms with van der Waals surface area (Å²) in [4.78, 5) is 3.54. The highest BCUT2D eigenvalue weighted by atomic mass is 32.2. The average molecular weight is 252 g/mol. The lowest BCUT2D eigenvalue weighted by atomic mass is 10.3. The van der Waals surface area contributed by atoms with Gasteiger partial charge in [0.25, 0.3) is 0 Å². The van der Waals surface area contributed by atoms with Gasteiger partial charge in [0.15, 0.2) is 0 Å². The molecule has 0 saturated carbocycles. The number of rotatable bonds is 4. The fourth-order valence-electron chi connectivity index (χ4n) is 1.00. The standard InChI is InChI=1S/C9H11F3N2OS/c10-9(11,12)7-2-3-8(14-6-7)16(15)5-1-4-13/h2-3,6H,1,4-5,13H2. The monoisotopic (exact) mass is 252 g/mol. The molecule has 1 aromatic rings. The Labute approximate surface area is 93.3 Å². The summed E-state index contributed by atoms with van der Waals surface area (Å²) in [5.41, 5.74) is 4.39. The normalized spacial score (nSPS) is 13.8. The van der Waals surface area contributed by atoms with Crippen molar-refractivity contribution in [1.82, 2.24) is 4.98 Å². The zero-order valence-corrected chi connectivity index (χ0v) is 9.14. The van der Waals surface area contributed by atoms with Gasteiger partial charge in [-0.25, -0.2) is 4.98 Å². The van der Waals surface area contributed by atoms with Crippen LogP contribution in [0.1, 0.15) is 12.0 Å². The Bertz CT molecular complexity index is 364. The Morgan fingerprint density at radius 1 is 1.38 bits per heavy atom. The van der Waals surface area contributed by atoms with Crippen molar-refractivity contribution in [2.24, 2.45) is 5.73 Å². The van der Waals surface area contributed by atoms with Crippen LogP contribution in [0.2, 0.25) is 0 Å². The van der Waals surface area contributed by atoms with E-state index >= 15 is 0 Å². The predicted octanol–water partition coefficient (Wildman–Crippen LogP) is 1.56. The van der Waals surface area contributed by atoms with Crippen molar-refractivity contribution in [2.45, 2.75) is 17.6 Å². The molecule has 0 fully saturated rings. The highest BCUT2D eigenvalue weighted by Crippen LogP contribution is 2.28. The summed E-state index contributed by atoms with van der Waals surface area (Å²) < 4.78 is 48.0. The molecular formula is C9H11F3N2OS. The van der Waals surface area contributed by atoms with Crippen molar-refractivity contribution >= 4 is 10.8 Å². The SMILES string of the molecule is NCCCS(=O)c1ccc(C(F)(F)F)cn1. The second-order valence-corrected chi connectivity index (χ2v) is 4.59. The van der Waals surface area contributed by atoms with Crippen molar-refractivity contribution in [3.63, 3.8) is 0 Å². The third-order valence-corrected chi connectivity index (χ3v) is 3.20. The molecule has 1 heterocycles. The van der Waals surface area contributed by atoms with Crippen molar-refractivity contribution in [3.05, 3.63) is 23.9 Å². The molecule has 3 nitrogen and oxygen atoms in total. The first-order valence-electron chi connectivity index (χ1n) is 4.57. The quantitative estimate of drug-likeness (QED) is 0.884. The van der Waals surface area contributed by atoms with Gasteiger partial charge >= 0.3 is 6.18 Å². The third-order valence-electron chi connectivity index (χ3n) is 1.83. The maximum atomic E-state index is 12.2. The minimum Gasteiger partial charge on any atom is -0.330 e. The fourth-order valence-corrected chi connectivity index (χ4v) is 2.03. The van der Waals surface area contributed by atoms with E-state index < -0.39 is 22.5 Å². The molecule has 1 aromatic heterocycles. The molecule has 1 atom stereocenters. The van der Waals surface area contributed by atoms with Crippen LogP contribution in [0, 0.1) is 0 Å². The second kappa shape index (κ2) is 5.40. The van der Waals surface area contributed by atoms with Gasteiger partial charge in [0.05, 0.1) is 16.4 Å². The second-order valence-electron chi connectivity index (χ2n) is 3.07. The van der Waals surface area contributed by atoms with Crippen LogP contribution in [0.5, 0.6) is 0 Å². The molecule has 16 heavy (non-hydrogen) atoms. The van der Waals surface area contributed by atoms with Gasteiger partial charge in [0.1, 0.15) is 5.03 Å². The Balaban J connectivity index is 2.75. The molecule has 90 valence electrons. The van der Waals surface area contributed by atoms with Crippen LogP contribution >= 0.6 is 0 Å². The minimum atomic E-state index is -4.41. The molecule has 0 spiro atoms. The van der Waals surface area contributed by atoms with E-state index in [4.69, 9.17) is 5.73 Å². The first kappa shape index (κ1) is 13.1. The molecule has 0 aliphatic rings. The molecule has 0 radical (unpaired) electrons. The van der Waals surface area contributed by atoms with E-state index in [2.05, 4.69) is 4.98 Å². The molecule has 0 aliphatic carbocycles. The number of halogens is 3. The molecule has 0 saturated heterocycles. The van der Waals surface area contributed by atoms with Crippen molar-refractivity contribution < 1.29 is 17.4 Å². The molecule has 0 aromatic carbocycles. The van der Waals surface area contributed by atoms with Crippen molar-refractivity contribution in [3.8, 4) is 0 Å². The Hall–Kier alpha value is -0.950. The maximum Gasteiger partial charge on any atom is 0.417 e. The van der Waals surface area contributed by atoms with Crippen molar-refractivity contribution in [1.29, 1.82) is 0 Å². The summed E-state index contributed by atoms with van der Waals surface area (Å²) in [7, 11) is -1.38. The first-order chi connectivity index (χ1) is 7.45. The van der Waals surface area contributed by atoms with E-state index in [1.54, 1.807) is 0 Å². The van der Waals surface area contributed by atoms with Crippen molar-refractivity contribution in [2.75, 3.05) is 12.3 Å². The van der Waals surface area contributed by atoms with Crippen LogP contribution in [0.3, 0.4) is 0 Å². The summed E-state index contributed by atoms with van der Waals surface area (Å²) in [5.74, 6) is 0.314. The van der Waals surface area contributed by atoms with Gasteiger partial charge in [-0.15, -0.1) is 0 Å². The first-order valence-corrected chi connectivity index (χ1v) is 5.88. The molecule has 2 N–H and O–H groups in total. The number of alkyl halides is 3. The largest absolute Gasteiger partial charge is 0.417 e. The van der Waals surface area contributed by atoms with Crippen LogP contribution < -0.4 is 5.73 Å². The van der Waals surface area contributed by atoms with Crippen LogP contribution in [0.15, 0.2) is 23.4 Å². The number of hydrogen-bond donors (Lipinski definition) is 1. The van der Waals surface area contributed by atoms with E-state index in [0.717, 1.165) is 12.1 Å². The Morgan fingerprint density at radius 2 is 2.06 bits per heavy atom. The Morgan fingerprint density at radius 3 is 2.50 bits per heavy atom. The highest BCUT2D eigenvalue weighted by Gasteiger charge is 2.30. The van der Waals surface area contributed by atoms with Crippen LogP contribution in [-0.4, -0.2) is 21.5 Å². The third kappa shape index (κ3) is 3.57. The van der Waals surface area contributed by atoms with E-state index in [1.807, 2.05) is 0 Å². The van der Waals surface area contributed by atoms with Gasteiger partial charge in [0, 0.05) is 11.9 Å². The van der Waals surface area contributed by atoms with Crippen LogP contribution in [-0.2, 0) is 17.0 Å². The fraction of sp³-hybridized carbons (Fsp3) is 0.444. The maximum absolute atomic E-state index is 12.2. The molecular weight excluding hydrogens is 241 g/mol. The van der Waals surface area contributed by atoms with Crippen LogP contribution in [0.25, 0.3) is 0 Å². The van der Waals surface area contributed by atoms with Gasteiger partial charge in [-0.1, -0.05) is 0 Å². The van der Waals surface area contributed by atoms with Gasteiger partial charge in [0.2, 0.25) is 0 Å². The lowest BCUT2D eigenvalue weighted by Crippen LogP contribution is -2.09. The van der Waals surface area contributed by atoms with Gasteiger partial charge in [-0.2, -0.15) is 13.2 Å². The number of aromatic nitrogens is 1. The van der Waals surface area contributed by atoms with E-state index in [9.17, 15) is 17.4 Å². The molecule has 7 heteroatoms. The number of hydrogen-bond acceptors (Lipinski definition) is 3. The average Bonchev–Trinajstić information content (AvgIpc) is 2.25. The number of nitrogens with zero attached hydrogens (tertiary/aromatic N) is 1. The van der Waals surface area contributed by atoms with Gasteiger partial charge < -0.3 is 5.73 Å². The van der Waals surface area contributed by atoms with E-state index in [-0.39, 0.29) is 5.03 Å². The number of pyridine rings is 1. The van der Waals surface area contributed by atoms with E-state index in [0.29, 0.717) is 24.9 Å². The summed E-state index contributed by atoms with van der Waals surface area (Å²) in [6.07, 6.45) is -3.17. The summed E-state index contributed by atoms with van der Waals surface area (Å²) in [5, 5.41) is 0.154. The molecule has 0 aliphatic heterocycles. The highest BCUT2D eigenvalue weighted by molar-refractivity contribution is 7.84. The predicted molar refractivity (Wildman–Crippen MR) is 54.2 cm³/mol. The molecule has 0 amide bonds. The smallest absolute Gasteiger partial charge is 0.330 e. The summed E-state index contributed by atoms with van der Waals surface area (Å²) in [6, 6.07) is 2.01. The van der Waals surface area contributed by atoms with E-state index in [1.165, 1.54) is 0 Å². The van der Waals surface area contributed by atoms with Crippen LogP contribution in [0.4, 0.5) is 13.2 Å². The summed E-state index contributed by atoms with van der Waals surface area (Å²) >= 11 is 0. The van der Waals surface area contributed by atoms with Gasteiger partial charge in [-0.3, -0.25) is 4.21 Å². The molecule has 1 unspecified atom stereocenters. The topological polar surface area (TPSA) is 56.0 Å². The van der Waals surface area contributed by atoms with Gasteiger partial charge in [-0.05, 0) is 25.1 Å². The zero-order valence-electron chi connectivity index (χ0n) is 8.33. The molecule has 0 bridgehead atoms. The lowest BCUT2D eigenvalue weighted by Gasteiger charge is -2.06. The Kier molecular flexibility index (Phi) is 4.43. The summed E-state index contributed by atoms with van der Waals surface area (Å²) in [6.45, 7) is 0.395.